The number of aryl methyl sites for hydroxylation is 1. The smallest absolute Gasteiger partial charge is 0.251 e. The summed E-state index contributed by atoms with van der Waals surface area (Å²) in [7, 11) is 1.50. The SMILES string of the molecule is COCC(O)CNC(=O)c1ccc(C)c(Br)c1. The number of methoxy groups -OCH3 is 1. The van der Waals surface area contributed by atoms with E-state index in [1.54, 1.807) is 12.1 Å². The van der Waals surface area contributed by atoms with E-state index in [9.17, 15) is 9.90 Å². The van der Waals surface area contributed by atoms with Crippen molar-refractivity contribution >= 4 is 21.8 Å². The van der Waals surface area contributed by atoms with E-state index in [1.807, 2.05) is 13.0 Å². The predicted molar refractivity (Wildman–Crippen MR) is 69.1 cm³/mol. The first-order valence-electron chi connectivity index (χ1n) is 5.26. The summed E-state index contributed by atoms with van der Waals surface area (Å²) in [6.45, 7) is 2.34. The van der Waals surface area contributed by atoms with E-state index in [4.69, 9.17) is 4.74 Å². The summed E-state index contributed by atoms with van der Waals surface area (Å²) in [4.78, 5) is 11.7. The largest absolute Gasteiger partial charge is 0.389 e. The number of amides is 1. The number of hydrogen-bond donors (Lipinski definition) is 2. The molecule has 0 aliphatic rings. The first-order chi connectivity index (χ1) is 8.04. The second-order valence-electron chi connectivity index (χ2n) is 3.78. The molecule has 4 nitrogen and oxygen atoms in total. The topological polar surface area (TPSA) is 58.6 Å². The summed E-state index contributed by atoms with van der Waals surface area (Å²) in [5.74, 6) is -0.208. The van der Waals surface area contributed by atoms with Gasteiger partial charge in [-0.1, -0.05) is 22.0 Å². The second-order valence-corrected chi connectivity index (χ2v) is 4.64. The summed E-state index contributed by atoms with van der Waals surface area (Å²) >= 11 is 3.37. The van der Waals surface area contributed by atoms with Crippen LogP contribution in [-0.2, 0) is 4.74 Å². The van der Waals surface area contributed by atoms with Crippen molar-refractivity contribution in [1.82, 2.24) is 5.32 Å². The lowest BCUT2D eigenvalue weighted by Gasteiger charge is -2.11. The van der Waals surface area contributed by atoms with E-state index in [2.05, 4.69) is 21.2 Å². The van der Waals surface area contributed by atoms with Gasteiger partial charge in [-0.05, 0) is 24.6 Å². The van der Waals surface area contributed by atoms with Crippen LogP contribution in [0, 0.1) is 6.92 Å². The Morgan fingerprint density at radius 3 is 2.88 bits per heavy atom. The van der Waals surface area contributed by atoms with Gasteiger partial charge < -0.3 is 15.2 Å². The number of benzene rings is 1. The molecule has 0 aliphatic heterocycles. The van der Waals surface area contributed by atoms with Gasteiger partial charge in [-0.25, -0.2) is 0 Å². The van der Waals surface area contributed by atoms with Crippen LogP contribution in [0.2, 0.25) is 0 Å². The molecular weight excluding hydrogens is 286 g/mol. The van der Waals surface area contributed by atoms with Crippen LogP contribution in [0.4, 0.5) is 0 Å². The average Bonchev–Trinajstić information content (AvgIpc) is 2.30. The van der Waals surface area contributed by atoms with E-state index >= 15 is 0 Å². The molecule has 0 bridgehead atoms. The van der Waals surface area contributed by atoms with Gasteiger partial charge in [0.2, 0.25) is 0 Å². The number of halogens is 1. The lowest BCUT2D eigenvalue weighted by Crippen LogP contribution is -2.34. The van der Waals surface area contributed by atoms with Gasteiger partial charge in [-0.15, -0.1) is 0 Å². The zero-order valence-electron chi connectivity index (χ0n) is 9.87. The molecule has 0 radical (unpaired) electrons. The van der Waals surface area contributed by atoms with Gasteiger partial charge >= 0.3 is 0 Å². The molecule has 0 fully saturated rings. The van der Waals surface area contributed by atoms with Crippen molar-refractivity contribution in [2.24, 2.45) is 0 Å². The van der Waals surface area contributed by atoms with Crippen molar-refractivity contribution in [2.45, 2.75) is 13.0 Å². The molecule has 1 atom stereocenters. The van der Waals surface area contributed by atoms with Crippen molar-refractivity contribution < 1.29 is 14.6 Å². The van der Waals surface area contributed by atoms with Crippen molar-refractivity contribution in [3.8, 4) is 0 Å². The molecule has 0 spiro atoms. The third-order valence-corrected chi connectivity index (χ3v) is 3.15. The van der Waals surface area contributed by atoms with Crippen molar-refractivity contribution in [3.05, 3.63) is 33.8 Å². The highest BCUT2D eigenvalue weighted by Crippen LogP contribution is 2.17. The van der Waals surface area contributed by atoms with E-state index in [0.717, 1.165) is 10.0 Å². The zero-order valence-corrected chi connectivity index (χ0v) is 11.5. The van der Waals surface area contributed by atoms with Crippen LogP contribution in [0.5, 0.6) is 0 Å². The number of carbonyl (C=O) groups excluding carboxylic acids is 1. The predicted octanol–water partition coefficient (Wildman–Crippen LogP) is 1.49. The Kier molecular flexibility index (Phi) is 5.61. The summed E-state index contributed by atoms with van der Waals surface area (Å²) < 4.78 is 5.66. The average molecular weight is 302 g/mol. The number of carbonyl (C=O) groups is 1. The molecule has 1 rings (SSSR count). The monoisotopic (exact) mass is 301 g/mol. The molecule has 0 saturated carbocycles. The minimum Gasteiger partial charge on any atom is -0.389 e. The van der Waals surface area contributed by atoms with Crippen LogP contribution in [0.1, 0.15) is 15.9 Å². The summed E-state index contributed by atoms with van der Waals surface area (Å²) in [6, 6.07) is 5.37. The third kappa shape index (κ3) is 4.46. The molecule has 2 N–H and O–H groups in total. The summed E-state index contributed by atoms with van der Waals surface area (Å²) in [6.07, 6.45) is -0.683. The van der Waals surface area contributed by atoms with Gasteiger partial charge in [0, 0.05) is 23.7 Å². The molecule has 0 heterocycles. The zero-order chi connectivity index (χ0) is 12.8. The van der Waals surface area contributed by atoms with Crippen LogP contribution >= 0.6 is 15.9 Å². The van der Waals surface area contributed by atoms with Gasteiger partial charge in [0.1, 0.15) is 0 Å². The lowest BCUT2D eigenvalue weighted by molar-refractivity contribution is 0.0610. The van der Waals surface area contributed by atoms with Crippen molar-refractivity contribution in [1.29, 1.82) is 0 Å². The Morgan fingerprint density at radius 1 is 1.59 bits per heavy atom. The van der Waals surface area contributed by atoms with Crippen LogP contribution in [0.15, 0.2) is 22.7 Å². The van der Waals surface area contributed by atoms with Gasteiger partial charge in [0.15, 0.2) is 0 Å². The minimum absolute atomic E-state index is 0.179. The Hall–Kier alpha value is -0.910. The lowest BCUT2D eigenvalue weighted by atomic mass is 10.1. The van der Waals surface area contributed by atoms with Crippen LogP contribution in [-0.4, -0.2) is 37.4 Å². The van der Waals surface area contributed by atoms with Gasteiger partial charge in [-0.3, -0.25) is 4.79 Å². The minimum atomic E-state index is -0.683. The molecule has 1 aromatic carbocycles. The maximum Gasteiger partial charge on any atom is 0.251 e. The number of rotatable bonds is 5. The van der Waals surface area contributed by atoms with Crippen LogP contribution < -0.4 is 5.32 Å². The third-order valence-electron chi connectivity index (χ3n) is 2.29. The highest BCUT2D eigenvalue weighted by Gasteiger charge is 2.09. The van der Waals surface area contributed by atoms with E-state index in [1.165, 1.54) is 7.11 Å². The molecule has 1 unspecified atom stereocenters. The first-order valence-corrected chi connectivity index (χ1v) is 6.05. The van der Waals surface area contributed by atoms with Gasteiger partial charge in [0.05, 0.1) is 12.7 Å². The number of hydrogen-bond acceptors (Lipinski definition) is 3. The maximum absolute atomic E-state index is 11.7. The van der Waals surface area contributed by atoms with Crippen molar-refractivity contribution in [3.63, 3.8) is 0 Å². The van der Waals surface area contributed by atoms with Gasteiger partial charge in [0.25, 0.3) is 5.91 Å². The fourth-order valence-electron chi connectivity index (χ4n) is 1.30. The normalized spacial score (nSPS) is 12.2. The maximum atomic E-state index is 11.7. The Balaban J connectivity index is 2.55. The Labute approximate surface area is 109 Å². The summed E-state index contributed by atoms with van der Waals surface area (Å²) in [5.41, 5.74) is 1.63. The highest BCUT2D eigenvalue weighted by molar-refractivity contribution is 9.10. The Morgan fingerprint density at radius 2 is 2.29 bits per heavy atom. The number of aliphatic hydroxyl groups is 1. The highest BCUT2D eigenvalue weighted by atomic mass is 79.9. The fourth-order valence-corrected chi connectivity index (χ4v) is 1.68. The van der Waals surface area contributed by atoms with E-state index < -0.39 is 6.10 Å². The quantitative estimate of drug-likeness (QED) is 0.866. The molecule has 0 saturated heterocycles. The molecule has 0 aliphatic carbocycles. The van der Waals surface area contributed by atoms with Crippen molar-refractivity contribution in [2.75, 3.05) is 20.3 Å². The standard InChI is InChI=1S/C12H16BrNO3/c1-8-3-4-9(5-11(8)13)12(16)14-6-10(15)7-17-2/h3-5,10,15H,6-7H2,1-2H3,(H,14,16). The number of nitrogens with one attached hydrogen (secondary N) is 1. The molecular formula is C12H16BrNO3. The molecule has 0 aromatic heterocycles. The molecule has 94 valence electrons. The van der Waals surface area contributed by atoms with Crippen LogP contribution in [0.25, 0.3) is 0 Å². The van der Waals surface area contributed by atoms with Crippen LogP contribution in [0.3, 0.4) is 0 Å². The second kappa shape index (κ2) is 6.74. The first kappa shape index (κ1) is 14.2. The summed E-state index contributed by atoms with van der Waals surface area (Å²) in [5, 5.41) is 12.0. The van der Waals surface area contributed by atoms with Gasteiger partial charge in [-0.2, -0.15) is 0 Å². The molecule has 5 heteroatoms. The fraction of sp³-hybridized carbons (Fsp3) is 0.417. The molecule has 17 heavy (non-hydrogen) atoms. The molecule has 1 aromatic rings. The molecule has 1 amide bonds. The number of aliphatic hydroxyl groups excluding tert-OH is 1. The van der Waals surface area contributed by atoms with E-state index in [-0.39, 0.29) is 19.1 Å². The number of ether oxygens (including phenoxy) is 1. The Bertz CT molecular complexity index is 395. The van der Waals surface area contributed by atoms with E-state index in [0.29, 0.717) is 5.56 Å².